The van der Waals surface area contributed by atoms with Crippen LogP contribution in [0.1, 0.15) is 16.7 Å². The Balaban J connectivity index is 1.76. The van der Waals surface area contributed by atoms with Gasteiger partial charge < -0.3 is 10.1 Å². The van der Waals surface area contributed by atoms with Crippen molar-refractivity contribution in [3.05, 3.63) is 93.9 Å². The Morgan fingerprint density at radius 2 is 1.83 bits per heavy atom. The summed E-state index contributed by atoms with van der Waals surface area (Å²) in [6.45, 7) is 0. The molecular formula is C22H18N4O4. The molecule has 3 aromatic rings. The number of esters is 1. The first-order chi connectivity index (χ1) is 14.5. The van der Waals surface area contributed by atoms with Crippen LogP contribution in [0.25, 0.3) is 18.2 Å². The van der Waals surface area contributed by atoms with Crippen LogP contribution >= 0.6 is 0 Å². The molecule has 2 aromatic heterocycles. The highest BCUT2D eigenvalue weighted by atomic mass is 16.6. The Hall–Kier alpha value is -4.33. The van der Waals surface area contributed by atoms with Gasteiger partial charge in [0.15, 0.2) is 0 Å². The number of rotatable bonds is 7. The number of hydrogen-bond donors (Lipinski definition) is 1. The van der Waals surface area contributed by atoms with Crippen LogP contribution in [-0.2, 0) is 9.53 Å². The average molecular weight is 402 g/mol. The largest absolute Gasteiger partial charge is 0.466 e. The number of methoxy groups -OCH3 is 1. The third kappa shape index (κ3) is 5.59. The molecule has 0 saturated heterocycles. The zero-order valence-electron chi connectivity index (χ0n) is 16.1. The van der Waals surface area contributed by atoms with E-state index in [1.807, 2.05) is 36.4 Å². The van der Waals surface area contributed by atoms with Crippen LogP contribution in [0.2, 0.25) is 0 Å². The molecule has 8 nitrogen and oxygen atoms in total. The molecule has 1 aromatic carbocycles. The smallest absolute Gasteiger partial charge is 0.330 e. The molecule has 0 saturated carbocycles. The van der Waals surface area contributed by atoms with Crippen LogP contribution in [0, 0.1) is 10.1 Å². The second kappa shape index (κ2) is 9.74. The van der Waals surface area contributed by atoms with Crippen LogP contribution in [0.3, 0.4) is 0 Å². The minimum atomic E-state index is -0.478. The van der Waals surface area contributed by atoms with Crippen LogP contribution in [0.4, 0.5) is 17.2 Å². The third-order valence-corrected chi connectivity index (χ3v) is 3.99. The molecule has 0 aliphatic rings. The molecule has 1 N–H and O–H groups in total. The summed E-state index contributed by atoms with van der Waals surface area (Å²) in [4.78, 5) is 30.1. The molecule has 0 unspecified atom stereocenters. The number of nitrogens with one attached hydrogen (secondary N) is 1. The van der Waals surface area contributed by atoms with Crippen molar-refractivity contribution in [2.75, 3.05) is 12.4 Å². The van der Waals surface area contributed by atoms with E-state index in [4.69, 9.17) is 0 Å². The van der Waals surface area contributed by atoms with Gasteiger partial charge in [-0.05, 0) is 47.0 Å². The zero-order valence-corrected chi connectivity index (χ0v) is 16.1. The van der Waals surface area contributed by atoms with Crippen molar-refractivity contribution < 1.29 is 14.5 Å². The zero-order chi connectivity index (χ0) is 21.3. The summed E-state index contributed by atoms with van der Waals surface area (Å²) in [7, 11) is 1.32. The third-order valence-electron chi connectivity index (χ3n) is 3.99. The lowest BCUT2D eigenvalue weighted by molar-refractivity contribution is -0.384. The molecule has 0 bridgehead atoms. The predicted octanol–water partition coefficient (Wildman–Crippen LogP) is 4.49. The van der Waals surface area contributed by atoms with Gasteiger partial charge in [-0.25, -0.2) is 9.78 Å². The Bertz CT molecular complexity index is 1130. The van der Waals surface area contributed by atoms with E-state index in [1.54, 1.807) is 24.5 Å². The minimum Gasteiger partial charge on any atom is -0.466 e. The van der Waals surface area contributed by atoms with E-state index in [2.05, 4.69) is 20.0 Å². The molecule has 0 amide bonds. The summed E-state index contributed by atoms with van der Waals surface area (Å²) >= 11 is 0. The summed E-state index contributed by atoms with van der Waals surface area (Å²) < 4.78 is 4.57. The highest BCUT2D eigenvalue weighted by Crippen LogP contribution is 2.25. The molecule has 0 aliphatic heterocycles. The molecular weight excluding hydrogens is 384 g/mol. The number of nitro groups is 1. The number of benzene rings is 1. The normalized spacial score (nSPS) is 11.0. The van der Waals surface area contributed by atoms with Crippen LogP contribution in [0.5, 0.6) is 0 Å². The molecule has 0 fully saturated rings. The summed E-state index contributed by atoms with van der Waals surface area (Å²) in [5.41, 5.74) is 3.07. The molecule has 0 atom stereocenters. The van der Waals surface area contributed by atoms with Gasteiger partial charge in [0, 0.05) is 36.4 Å². The fourth-order valence-corrected chi connectivity index (χ4v) is 2.58. The molecule has 0 radical (unpaired) electrons. The maximum absolute atomic E-state index is 11.2. The second-order valence-electron chi connectivity index (χ2n) is 6.12. The van der Waals surface area contributed by atoms with Gasteiger partial charge in [-0.2, -0.15) is 0 Å². The highest BCUT2D eigenvalue weighted by molar-refractivity contribution is 5.87. The van der Waals surface area contributed by atoms with Crippen molar-refractivity contribution in [2.45, 2.75) is 0 Å². The number of ether oxygens (including phenoxy) is 1. The molecule has 0 spiro atoms. The highest BCUT2D eigenvalue weighted by Gasteiger charge is 2.13. The van der Waals surface area contributed by atoms with Crippen LogP contribution in [-0.4, -0.2) is 28.0 Å². The molecule has 2 heterocycles. The summed E-state index contributed by atoms with van der Waals surface area (Å²) in [5.74, 6) is -0.258. The maximum Gasteiger partial charge on any atom is 0.330 e. The Morgan fingerprint density at radius 1 is 1.07 bits per heavy atom. The van der Waals surface area contributed by atoms with Gasteiger partial charge in [0.05, 0.1) is 12.0 Å². The number of carbonyl (C=O) groups excluding carboxylic acids is 1. The number of aromatic nitrogens is 2. The van der Waals surface area contributed by atoms with Crippen molar-refractivity contribution in [1.29, 1.82) is 0 Å². The lowest BCUT2D eigenvalue weighted by atomic mass is 10.1. The number of hydrogen-bond acceptors (Lipinski definition) is 7. The average Bonchev–Trinajstić information content (AvgIpc) is 2.77. The maximum atomic E-state index is 11.2. The SMILES string of the molecule is COC(=O)C=Cc1cncc(C=Cc2cccc(Nc3ncccc3[N+](=O)[O-])c2)c1. The minimum absolute atomic E-state index is 0.0960. The quantitative estimate of drug-likeness (QED) is 0.269. The first-order valence-corrected chi connectivity index (χ1v) is 8.91. The fraction of sp³-hybridized carbons (Fsp3) is 0.0455. The number of pyridine rings is 2. The van der Waals surface area contributed by atoms with Crippen LogP contribution in [0.15, 0.2) is 67.1 Å². The predicted molar refractivity (Wildman–Crippen MR) is 115 cm³/mol. The monoisotopic (exact) mass is 402 g/mol. The topological polar surface area (TPSA) is 107 Å². The van der Waals surface area contributed by atoms with Gasteiger partial charge in [-0.1, -0.05) is 24.3 Å². The lowest BCUT2D eigenvalue weighted by Crippen LogP contribution is -1.99. The van der Waals surface area contributed by atoms with E-state index in [1.165, 1.54) is 31.5 Å². The Kier molecular flexibility index (Phi) is 6.63. The summed E-state index contributed by atoms with van der Waals surface area (Å²) in [6, 6.07) is 12.2. The lowest BCUT2D eigenvalue weighted by Gasteiger charge is -2.06. The molecule has 150 valence electrons. The van der Waals surface area contributed by atoms with E-state index in [0.29, 0.717) is 5.69 Å². The second-order valence-corrected chi connectivity index (χ2v) is 6.12. The standard InChI is InChI=1S/C22H18N4O4/c1-30-21(27)10-9-18-12-17(14-23-15-18)8-7-16-4-2-5-19(13-16)25-22-20(26(28)29)6-3-11-24-22/h2-15H,1H3,(H,24,25). The van der Waals surface area contributed by atoms with E-state index in [0.717, 1.165) is 16.7 Å². The van der Waals surface area contributed by atoms with Crippen molar-refractivity contribution in [3.63, 3.8) is 0 Å². The van der Waals surface area contributed by atoms with Gasteiger partial charge in [0.2, 0.25) is 5.82 Å². The summed E-state index contributed by atoms with van der Waals surface area (Å²) in [6.07, 6.45) is 11.6. The number of anilines is 2. The van der Waals surface area contributed by atoms with Crippen molar-refractivity contribution in [2.24, 2.45) is 0 Å². The molecule has 0 aliphatic carbocycles. The summed E-state index contributed by atoms with van der Waals surface area (Å²) in [5, 5.41) is 14.1. The van der Waals surface area contributed by atoms with E-state index in [9.17, 15) is 14.9 Å². The van der Waals surface area contributed by atoms with Gasteiger partial charge in [0.25, 0.3) is 0 Å². The number of nitrogens with zero attached hydrogens (tertiary/aromatic N) is 3. The van der Waals surface area contributed by atoms with Crippen LogP contribution < -0.4 is 5.32 Å². The molecule has 3 rings (SSSR count). The van der Waals surface area contributed by atoms with E-state index >= 15 is 0 Å². The fourth-order valence-electron chi connectivity index (χ4n) is 2.58. The Morgan fingerprint density at radius 3 is 2.60 bits per heavy atom. The van der Waals surface area contributed by atoms with Crippen molar-refractivity contribution >= 4 is 41.4 Å². The van der Waals surface area contributed by atoms with Crippen molar-refractivity contribution in [1.82, 2.24) is 9.97 Å². The molecule has 30 heavy (non-hydrogen) atoms. The first-order valence-electron chi connectivity index (χ1n) is 8.91. The molecule has 8 heteroatoms. The van der Waals surface area contributed by atoms with Gasteiger partial charge in [-0.15, -0.1) is 0 Å². The number of carbonyl (C=O) groups is 1. The van der Waals surface area contributed by atoms with E-state index in [-0.39, 0.29) is 11.5 Å². The van der Waals surface area contributed by atoms with Gasteiger partial charge >= 0.3 is 11.7 Å². The first kappa shape index (κ1) is 20.4. The Labute approximate surface area is 172 Å². The van der Waals surface area contributed by atoms with Crippen molar-refractivity contribution in [3.8, 4) is 0 Å². The van der Waals surface area contributed by atoms with E-state index < -0.39 is 10.9 Å². The van der Waals surface area contributed by atoms with Gasteiger partial charge in [0.1, 0.15) is 0 Å². The van der Waals surface area contributed by atoms with Gasteiger partial charge in [-0.3, -0.25) is 15.1 Å².